The van der Waals surface area contributed by atoms with Crippen molar-refractivity contribution in [1.82, 2.24) is 40.6 Å². The second-order valence-corrected chi connectivity index (χ2v) is 19.2. The summed E-state index contributed by atoms with van der Waals surface area (Å²) >= 11 is 6.40. The fourth-order valence-electron chi connectivity index (χ4n) is 8.12. The monoisotopic (exact) mass is 1070 g/mol. The van der Waals surface area contributed by atoms with Crippen LogP contribution in [-0.2, 0) is 54.3 Å². The number of imide groups is 1. The summed E-state index contributed by atoms with van der Waals surface area (Å²) in [6.45, 7) is 12.1. The van der Waals surface area contributed by atoms with Crippen molar-refractivity contribution in [3.8, 4) is 0 Å². The lowest BCUT2D eigenvalue weighted by Crippen LogP contribution is -2.51. The molecule has 0 spiro atoms. The van der Waals surface area contributed by atoms with E-state index in [-0.39, 0.29) is 108 Å². The first-order valence-electron chi connectivity index (χ1n) is 25.6. The number of carbonyl (C=O) groups excluding carboxylic acids is 7. The Morgan fingerprint density at radius 3 is 1.93 bits per heavy atom. The molecule has 0 aliphatic carbocycles. The maximum absolute atomic E-state index is 14.6. The molecule has 20 nitrogen and oxygen atoms in total. The summed E-state index contributed by atoms with van der Waals surface area (Å²) in [4.78, 5) is 111. The molecule has 0 saturated heterocycles. The molecule has 4 aromatic rings. The Labute approximate surface area is 448 Å². The van der Waals surface area contributed by atoms with Crippen LogP contribution < -0.4 is 26.8 Å². The number of hydrogen-bond donors (Lipinski definition) is 4. The zero-order valence-corrected chi connectivity index (χ0v) is 44.7. The predicted molar refractivity (Wildman–Crippen MR) is 285 cm³/mol. The van der Waals surface area contributed by atoms with Crippen molar-refractivity contribution >= 4 is 63.9 Å². The number of amides is 7. The molecule has 1 aliphatic rings. The zero-order chi connectivity index (χ0) is 55.0. The molecule has 76 heavy (non-hydrogen) atoms. The second-order valence-electron chi connectivity index (χ2n) is 18.7. The number of fused-ring (bicyclic) bond motifs is 1. The molecule has 21 heteroatoms. The van der Waals surface area contributed by atoms with Crippen molar-refractivity contribution < 1.29 is 52.5 Å². The summed E-state index contributed by atoms with van der Waals surface area (Å²) in [5.41, 5.74) is 2.48. The van der Waals surface area contributed by atoms with Crippen LogP contribution in [0.25, 0.3) is 10.9 Å². The van der Waals surface area contributed by atoms with E-state index >= 15 is 0 Å². The first-order chi connectivity index (χ1) is 36.5. The summed E-state index contributed by atoms with van der Waals surface area (Å²) in [7, 11) is 0. The lowest BCUT2D eigenvalue weighted by Gasteiger charge is -2.35. The summed E-state index contributed by atoms with van der Waals surface area (Å²) < 4.78 is 23.5. The van der Waals surface area contributed by atoms with Gasteiger partial charge in [0.2, 0.25) is 23.6 Å². The van der Waals surface area contributed by atoms with Gasteiger partial charge in [0.15, 0.2) is 0 Å². The van der Waals surface area contributed by atoms with Gasteiger partial charge in [0, 0.05) is 61.8 Å². The van der Waals surface area contributed by atoms with Gasteiger partial charge in [-0.2, -0.15) is 0 Å². The Hall–Kier alpha value is -6.84. The number of ether oxygens (including phenoxy) is 4. The van der Waals surface area contributed by atoms with Gasteiger partial charge in [0.25, 0.3) is 23.3 Å². The van der Waals surface area contributed by atoms with Crippen LogP contribution in [0.15, 0.2) is 89.7 Å². The molecule has 3 aromatic carbocycles. The number of halogens is 1. The van der Waals surface area contributed by atoms with Crippen molar-refractivity contribution in [1.29, 1.82) is 0 Å². The smallest absolute Gasteiger partial charge is 0.261 e. The summed E-state index contributed by atoms with van der Waals surface area (Å²) in [5.74, 6) is -2.89. The van der Waals surface area contributed by atoms with Crippen LogP contribution >= 0.6 is 11.6 Å². The number of nitrogens with one attached hydrogen (secondary N) is 4. The Balaban J connectivity index is 1.01. The third-order valence-electron chi connectivity index (χ3n) is 12.1. The minimum Gasteiger partial charge on any atom is -0.379 e. The van der Waals surface area contributed by atoms with E-state index in [1.54, 1.807) is 53.6 Å². The Bertz CT molecular complexity index is 2660. The Morgan fingerprint density at radius 1 is 0.684 bits per heavy atom. The van der Waals surface area contributed by atoms with E-state index < -0.39 is 41.6 Å². The molecule has 2 heterocycles. The van der Waals surface area contributed by atoms with Crippen molar-refractivity contribution in [2.24, 2.45) is 11.8 Å². The fourth-order valence-corrected chi connectivity index (χ4v) is 8.29. The second kappa shape index (κ2) is 31.3. The van der Waals surface area contributed by atoms with E-state index in [9.17, 15) is 38.4 Å². The van der Waals surface area contributed by atoms with Crippen LogP contribution in [0.4, 0.5) is 0 Å². The molecule has 5 rings (SSSR count). The van der Waals surface area contributed by atoms with E-state index in [0.29, 0.717) is 60.2 Å². The van der Waals surface area contributed by atoms with E-state index in [1.165, 1.54) is 12.2 Å². The lowest BCUT2D eigenvalue weighted by atomic mass is 9.98. The first kappa shape index (κ1) is 60.0. The van der Waals surface area contributed by atoms with Gasteiger partial charge in [-0.3, -0.25) is 47.8 Å². The van der Waals surface area contributed by atoms with Crippen LogP contribution in [0.3, 0.4) is 0 Å². The molecule has 0 saturated carbocycles. The van der Waals surface area contributed by atoms with Crippen LogP contribution in [0.2, 0.25) is 5.02 Å². The van der Waals surface area contributed by atoms with E-state index in [1.807, 2.05) is 63.2 Å². The third kappa shape index (κ3) is 19.1. The average Bonchev–Trinajstić information content (AvgIpc) is 3.72. The van der Waals surface area contributed by atoms with Crippen molar-refractivity contribution in [2.45, 2.75) is 72.5 Å². The number of hydrogen-bond acceptors (Lipinski definition) is 13. The molecule has 2 atom stereocenters. The first-order valence-corrected chi connectivity index (χ1v) is 26.0. The van der Waals surface area contributed by atoms with Gasteiger partial charge in [-0.05, 0) is 61.1 Å². The molecule has 4 N–H and O–H groups in total. The van der Waals surface area contributed by atoms with E-state index in [4.69, 9.17) is 35.5 Å². The number of rotatable bonds is 33. The van der Waals surface area contributed by atoms with Crippen molar-refractivity contribution in [3.05, 3.63) is 123 Å². The van der Waals surface area contributed by atoms with E-state index in [0.717, 1.165) is 16.0 Å². The Morgan fingerprint density at radius 2 is 1.30 bits per heavy atom. The molecule has 0 radical (unpaired) electrons. The minimum atomic E-state index is -0.904. The zero-order valence-electron chi connectivity index (χ0n) is 44.0. The summed E-state index contributed by atoms with van der Waals surface area (Å²) in [5, 5.41) is 11.7. The normalized spacial score (nSPS) is 13.1. The van der Waals surface area contributed by atoms with Gasteiger partial charge in [0.05, 0.1) is 82.9 Å². The minimum absolute atomic E-state index is 0.000428. The van der Waals surface area contributed by atoms with Crippen LogP contribution in [-0.4, -0.2) is 152 Å². The number of benzene rings is 3. The van der Waals surface area contributed by atoms with Crippen molar-refractivity contribution in [2.75, 3.05) is 85.6 Å². The van der Waals surface area contributed by atoms with Gasteiger partial charge in [-0.1, -0.05) is 87.3 Å². The molecule has 7 amide bonds. The molecular weight excluding hydrogens is 1000 g/mol. The average molecular weight is 1070 g/mol. The van der Waals surface area contributed by atoms with E-state index in [2.05, 4.69) is 21.3 Å². The molecule has 1 aliphatic heterocycles. The number of nitrogens with zero attached hydrogens (tertiary/aromatic N) is 4. The van der Waals surface area contributed by atoms with Gasteiger partial charge in [-0.25, -0.2) is 4.98 Å². The van der Waals surface area contributed by atoms with Gasteiger partial charge in [-0.15, -0.1) is 0 Å². The maximum Gasteiger partial charge on any atom is 0.261 e. The molecule has 0 fully saturated rings. The van der Waals surface area contributed by atoms with Gasteiger partial charge < -0.3 is 45.1 Å². The standard InChI is InChI=1S/C55H71ClN8O12/c1-37(2)50(61-46(66)21-26-73-28-30-75-32-33-76-31-29-74-27-23-58-45(65)20-25-62-48(68)18-19-49(62)69)53(70)59-35-47(67)57-22-9-24-63(54(71)41-14-12-39(5)13-15-41)51(38(3)4)52-60-44-34-42(56)16-17-43(44)55(72)64(52)36-40-10-7-6-8-11-40/h6-8,10-19,34,37-38,50-51H,9,20-33,35-36H2,1-5H3,(H,57,67)(H,58,65)(H,59,70)(H,61,66). The van der Waals surface area contributed by atoms with Gasteiger partial charge in [0.1, 0.15) is 11.9 Å². The highest BCUT2D eigenvalue weighted by atomic mass is 35.5. The van der Waals surface area contributed by atoms with Crippen LogP contribution in [0.5, 0.6) is 0 Å². The number of aryl methyl sites for hydroxylation is 1. The topological polar surface area (TPSA) is 246 Å². The molecule has 410 valence electrons. The maximum atomic E-state index is 14.6. The molecule has 2 unspecified atom stereocenters. The molecule has 1 aromatic heterocycles. The number of carbonyl (C=O) groups is 7. The molecule has 0 bridgehead atoms. The largest absolute Gasteiger partial charge is 0.379 e. The SMILES string of the molecule is Cc1ccc(C(=O)N(CCCNC(=O)CNC(=O)C(NC(=O)CCOCCOCCOCCOCCNC(=O)CCN2C(=O)C=CC2=O)C(C)C)C(c2nc3cc(Cl)ccc3c(=O)n2Cc2ccccc2)C(C)C)cc1. The highest BCUT2D eigenvalue weighted by Crippen LogP contribution is 2.31. The highest BCUT2D eigenvalue weighted by Gasteiger charge is 2.33. The Kier molecular flexibility index (Phi) is 24.7. The number of aromatic nitrogens is 2. The van der Waals surface area contributed by atoms with Crippen LogP contribution in [0, 0.1) is 18.8 Å². The predicted octanol–water partition coefficient (Wildman–Crippen LogP) is 3.90. The summed E-state index contributed by atoms with van der Waals surface area (Å²) in [6.07, 6.45) is 2.69. The summed E-state index contributed by atoms with van der Waals surface area (Å²) in [6, 6.07) is 20.2. The fraction of sp³-hybridized carbons (Fsp3) is 0.473. The highest BCUT2D eigenvalue weighted by molar-refractivity contribution is 6.31. The van der Waals surface area contributed by atoms with Crippen molar-refractivity contribution in [3.63, 3.8) is 0 Å². The third-order valence-corrected chi connectivity index (χ3v) is 12.4. The lowest BCUT2D eigenvalue weighted by molar-refractivity contribution is -0.137. The van der Waals surface area contributed by atoms with Crippen LogP contribution in [0.1, 0.15) is 80.3 Å². The molecular formula is C55H71ClN8O12. The van der Waals surface area contributed by atoms with Gasteiger partial charge >= 0.3 is 0 Å². The quantitative estimate of drug-likeness (QED) is 0.0391.